The Morgan fingerprint density at radius 2 is 2.00 bits per heavy atom. The lowest BCUT2D eigenvalue weighted by Crippen LogP contribution is -2.37. The normalized spacial score (nSPS) is 22.5. The van der Waals surface area contributed by atoms with Crippen LogP contribution in [-0.4, -0.2) is 53.6 Å². The van der Waals surface area contributed by atoms with Crippen LogP contribution in [0, 0.1) is 0 Å². The fourth-order valence-electron chi connectivity index (χ4n) is 3.69. The molecular formula is C20H27N3O2. The molecule has 2 aliphatic heterocycles. The number of hydrogen-bond acceptors (Lipinski definition) is 4. The van der Waals surface area contributed by atoms with Crippen molar-refractivity contribution in [3.8, 4) is 11.3 Å². The van der Waals surface area contributed by atoms with Gasteiger partial charge in [-0.25, -0.2) is 0 Å². The van der Waals surface area contributed by atoms with Crippen LogP contribution < -0.4 is 0 Å². The fraction of sp³-hybridized carbons (Fsp3) is 0.550. The van der Waals surface area contributed by atoms with Gasteiger partial charge in [0, 0.05) is 37.5 Å². The van der Waals surface area contributed by atoms with E-state index in [1.54, 1.807) is 0 Å². The topological polar surface area (TPSA) is 50.4 Å². The van der Waals surface area contributed by atoms with Gasteiger partial charge in [-0.05, 0) is 31.7 Å². The predicted octanol–water partition coefficient (Wildman–Crippen LogP) is 3.24. The van der Waals surface area contributed by atoms with Crippen LogP contribution >= 0.6 is 0 Å². The maximum atomic E-state index is 6.06. The molecule has 3 heterocycles. The Kier molecular flexibility index (Phi) is 5.45. The van der Waals surface area contributed by atoms with E-state index in [4.69, 9.17) is 9.47 Å². The van der Waals surface area contributed by atoms with Crippen LogP contribution in [0.2, 0.25) is 0 Å². The van der Waals surface area contributed by atoms with Crippen molar-refractivity contribution in [3.05, 3.63) is 42.1 Å². The van der Waals surface area contributed by atoms with Crippen LogP contribution in [-0.2, 0) is 16.0 Å². The van der Waals surface area contributed by atoms with E-state index in [1.165, 1.54) is 12.1 Å². The molecule has 134 valence electrons. The average Bonchev–Trinajstić information content (AvgIpc) is 3.34. The Hall–Kier alpha value is -1.69. The van der Waals surface area contributed by atoms with Gasteiger partial charge in [-0.1, -0.05) is 30.3 Å². The quantitative estimate of drug-likeness (QED) is 0.876. The number of ether oxygens (including phenoxy) is 2. The number of rotatable bonds is 6. The van der Waals surface area contributed by atoms with Gasteiger partial charge in [-0.2, -0.15) is 5.10 Å². The Morgan fingerprint density at radius 3 is 2.76 bits per heavy atom. The summed E-state index contributed by atoms with van der Waals surface area (Å²) >= 11 is 0. The molecule has 2 fully saturated rings. The molecule has 1 aromatic carbocycles. The van der Waals surface area contributed by atoms with Gasteiger partial charge in [-0.3, -0.25) is 10.00 Å². The summed E-state index contributed by atoms with van der Waals surface area (Å²) in [6.07, 6.45) is 5.27. The molecule has 2 aliphatic rings. The molecule has 1 atom stereocenters. The third kappa shape index (κ3) is 4.48. The molecule has 0 radical (unpaired) electrons. The van der Waals surface area contributed by atoms with Gasteiger partial charge >= 0.3 is 0 Å². The van der Waals surface area contributed by atoms with E-state index in [0.29, 0.717) is 12.2 Å². The highest BCUT2D eigenvalue weighted by Gasteiger charge is 2.23. The number of H-pyrrole nitrogens is 1. The second-order valence-electron chi connectivity index (χ2n) is 7.09. The van der Waals surface area contributed by atoms with Crippen molar-refractivity contribution >= 4 is 0 Å². The second-order valence-corrected chi connectivity index (χ2v) is 7.09. The number of likely N-dealkylation sites (tertiary alicyclic amines) is 1. The predicted molar refractivity (Wildman–Crippen MR) is 97.2 cm³/mol. The molecule has 0 aliphatic carbocycles. The standard InChI is InChI=1S/C20H27N3O2/c1-2-5-16(6-3-1)20-13-17(21-22-20)14-23-10-8-18(9-11-23)25-15-19-7-4-12-24-19/h1-3,5-6,13,18-19H,4,7-12,14-15H2,(H,21,22)/t19-/m1/s1. The molecule has 1 aromatic heterocycles. The third-order valence-electron chi connectivity index (χ3n) is 5.17. The van der Waals surface area contributed by atoms with Crippen LogP contribution in [0.1, 0.15) is 31.4 Å². The summed E-state index contributed by atoms with van der Waals surface area (Å²) in [4.78, 5) is 2.48. The first-order valence-corrected chi connectivity index (χ1v) is 9.42. The van der Waals surface area contributed by atoms with E-state index in [0.717, 1.165) is 63.4 Å². The minimum atomic E-state index is 0.333. The van der Waals surface area contributed by atoms with E-state index in [1.807, 2.05) is 18.2 Å². The summed E-state index contributed by atoms with van der Waals surface area (Å²) in [6, 6.07) is 12.5. The highest BCUT2D eigenvalue weighted by Crippen LogP contribution is 2.21. The number of benzene rings is 1. The zero-order valence-electron chi connectivity index (χ0n) is 14.7. The highest BCUT2D eigenvalue weighted by atomic mass is 16.5. The summed E-state index contributed by atoms with van der Waals surface area (Å²) < 4.78 is 11.7. The van der Waals surface area contributed by atoms with E-state index in [2.05, 4.69) is 33.3 Å². The zero-order valence-corrected chi connectivity index (χ0v) is 14.7. The minimum Gasteiger partial charge on any atom is -0.376 e. The van der Waals surface area contributed by atoms with Gasteiger partial charge in [0.15, 0.2) is 0 Å². The van der Waals surface area contributed by atoms with Crippen molar-refractivity contribution in [1.29, 1.82) is 0 Å². The first-order chi connectivity index (χ1) is 12.4. The Labute approximate surface area is 149 Å². The molecule has 5 nitrogen and oxygen atoms in total. The van der Waals surface area contributed by atoms with Crippen LogP contribution in [0.3, 0.4) is 0 Å². The van der Waals surface area contributed by atoms with E-state index >= 15 is 0 Å². The highest BCUT2D eigenvalue weighted by molar-refractivity contribution is 5.58. The Morgan fingerprint density at radius 1 is 1.16 bits per heavy atom. The molecule has 0 unspecified atom stereocenters. The zero-order chi connectivity index (χ0) is 16.9. The van der Waals surface area contributed by atoms with Gasteiger partial charge in [0.1, 0.15) is 0 Å². The molecule has 25 heavy (non-hydrogen) atoms. The third-order valence-corrected chi connectivity index (χ3v) is 5.17. The minimum absolute atomic E-state index is 0.333. The number of aromatic nitrogens is 2. The molecule has 4 rings (SSSR count). The van der Waals surface area contributed by atoms with Crippen molar-refractivity contribution in [2.24, 2.45) is 0 Å². The van der Waals surface area contributed by atoms with E-state index in [9.17, 15) is 0 Å². The van der Waals surface area contributed by atoms with Gasteiger partial charge in [0.25, 0.3) is 0 Å². The van der Waals surface area contributed by atoms with Gasteiger partial charge in [0.2, 0.25) is 0 Å². The van der Waals surface area contributed by atoms with Gasteiger partial charge in [0.05, 0.1) is 24.5 Å². The summed E-state index contributed by atoms with van der Waals surface area (Å²) in [5, 5.41) is 7.64. The van der Waals surface area contributed by atoms with Crippen molar-refractivity contribution in [2.75, 3.05) is 26.3 Å². The molecule has 0 bridgehead atoms. The molecule has 2 aromatic rings. The van der Waals surface area contributed by atoms with Crippen molar-refractivity contribution < 1.29 is 9.47 Å². The molecule has 0 spiro atoms. The molecule has 1 N–H and O–H groups in total. The summed E-state index contributed by atoms with van der Waals surface area (Å²) in [6.45, 7) is 4.76. The maximum absolute atomic E-state index is 6.06. The largest absolute Gasteiger partial charge is 0.376 e. The number of nitrogens with zero attached hydrogens (tertiary/aromatic N) is 2. The SMILES string of the molecule is c1ccc(-c2cc(CN3CCC(OC[C@H]4CCCO4)CC3)[nH]n2)cc1. The fourth-order valence-corrected chi connectivity index (χ4v) is 3.69. The van der Waals surface area contributed by atoms with E-state index in [-0.39, 0.29) is 0 Å². The Balaban J connectivity index is 1.23. The molecule has 2 saturated heterocycles. The van der Waals surface area contributed by atoms with Crippen molar-refractivity contribution in [1.82, 2.24) is 15.1 Å². The lowest BCUT2D eigenvalue weighted by molar-refractivity contribution is -0.0427. The lowest BCUT2D eigenvalue weighted by atomic mass is 10.1. The van der Waals surface area contributed by atoms with Gasteiger partial charge in [-0.15, -0.1) is 0 Å². The smallest absolute Gasteiger partial charge is 0.0924 e. The van der Waals surface area contributed by atoms with E-state index < -0.39 is 0 Å². The van der Waals surface area contributed by atoms with Crippen LogP contribution in [0.5, 0.6) is 0 Å². The molecule has 0 amide bonds. The maximum Gasteiger partial charge on any atom is 0.0924 e. The molecule has 5 heteroatoms. The summed E-state index contributed by atoms with van der Waals surface area (Å²) in [7, 11) is 0. The van der Waals surface area contributed by atoms with Crippen LogP contribution in [0.15, 0.2) is 36.4 Å². The van der Waals surface area contributed by atoms with Crippen LogP contribution in [0.4, 0.5) is 0 Å². The van der Waals surface area contributed by atoms with Crippen molar-refractivity contribution in [3.63, 3.8) is 0 Å². The number of nitrogens with one attached hydrogen (secondary N) is 1. The number of aromatic amines is 1. The van der Waals surface area contributed by atoms with Crippen molar-refractivity contribution in [2.45, 2.75) is 44.4 Å². The Bertz CT molecular complexity index is 644. The average molecular weight is 341 g/mol. The van der Waals surface area contributed by atoms with Gasteiger partial charge < -0.3 is 9.47 Å². The van der Waals surface area contributed by atoms with Crippen LogP contribution in [0.25, 0.3) is 11.3 Å². The number of piperidine rings is 1. The number of hydrogen-bond donors (Lipinski definition) is 1. The first kappa shape index (κ1) is 16.8. The first-order valence-electron chi connectivity index (χ1n) is 9.42. The second kappa shape index (κ2) is 8.13. The summed E-state index contributed by atoms with van der Waals surface area (Å²) in [5.74, 6) is 0. The lowest BCUT2D eigenvalue weighted by Gasteiger charge is -2.31. The molecular weight excluding hydrogens is 314 g/mol. The monoisotopic (exact) mass is 341 g/mol. The summed E-state index contributed by atoms with van der Waals surface area (Å²) in [5.41, 5.74) is 3.36. The molecule has 0 saturated carbocycles.